The summed E-state index contributed by atoms with van der Waals surface area (Å²) in [5, 5.41) is 0. The fraction of sp³-hybridized carbons (Fsp3) is 0.280. The van der Waals surface area contributed by atoms with Gasteiger partial charge in [0.05, 0.1) is 0 Å². The van der Waals surface area contributed by atoms with E-state index in [9.17, 15) is 0 Å². The molecule has 1 nitrogen and oxygen atoms in total. The van der Waals surface area contributed by atoms with E-state index >= 15 is 0 Å². The van der Waals surface area contributed by atoms with E-state index in [0.717, 1.165) is 12.3 Å². The van der Waals surface area contributed by atoms with Crippen LogP contribution >= 0.6 is 12.6 Å². The molecule has 27 heavy (non-hydrogen) atoms. The fourth-order valence-corrected chi connectivity index (χ4v) is 3.35. The highest BCUT2D eigenvalue weighted by molar-refractivity contribution is 7.80. The van der Waals surface area contributed by atoms with Gasteiger partial charge in [-0.3, -0.25) is 0 Å². The Morgan fingerprint density at radius 3 is 1.26 bits per heavy atom. The molecule has 142 valence electrons. The largest absolute Gasteiger partial charge is 0.330 e. The summed E-state index contributed by atoms with van der Waals surface area (Å²) in [6.45, 7) is 0.840. The zero-order valence-electron chi connectivity index (χ0n) is 16.0. The van der Waals surface area contributed by atoms with Crippen LogP contribution in [0.5, 0.6) is 0 Å². The summed E-state index contributed by atoms with van der Waals surface area (Å²) in [4.78, 5) is 0. The summed E-state index contributed by atoms with van der Waals surface area (Å²) in [5.74, 6) is 1.33. The highest BCUT2D eigenvalue weighted by Crippen LogP contribution is 2.31. The molecular weight excluding hydrogens is 346 g/mol. The Kier molecular flexibility index (Phi) is 10.4. The minimum absolute atomic E-state index is 0.309. The average molecular weight is 378 g/mol. The van der Waals surface area contributed by atoms with Gasteiger partial charge in [-0.05, 0) is 41.8 Å². The predicted molar refractivity (Wildman–Crippen MR) is 122 cm³/mol. The molecule has 0 amide bonds. The van der Waals surface area contributed by atoms with Crippen LogP contribution in [0.4, 0.5) is 0 Å². The van der Waals surface area contributed by atoms with Gasteiger partial charge in [0.2, 0.25) is 0 Å². The van der Waals surface area contributed by atoms with Gasteiger partial charge in [-0.2, -0.15) is 12.6 Å². The molecule has 0 saturated heterocycles. The van der Waals surface area contributed by atoms with Crippen molar-refractivity contribution >= 4 is 12.6 Å². The summed E-state index contributed by atoms with van der Waals surface area (Å²) in [5.41, 5.74) is 9.29. The van der Waals surface area contributed by atoms with Crippen LogP contribution in [0.3, 0.4) is 0 Å². The lowest BCUT2D eigenvalue weighted by atomic mass is 9.85. The van der Waals surface area contributed by atoms with Crippen LogP contribution in [0.15, 0.2) is 91.0 Å². The van der Waals surface area contributed by atoms with Crippen LogP contribution < -0.4 is 5.73 Å². The summed E-state index contributed by atoms with van der Waals surface area (Å²) in [7, 11) is 0. The highest BCUT2D eigenvalue weighted by Gasteiger charge is 2.15. The smallest absolute Gasteiger partial charge is 0.0339 e. The Morgan fingerprint density at radius 2 is 0.926 bits per heavy atom. The van der Waals surface area contributed by atoms with Crippen LogP contribution in [0.2, 0.25) is 0 Å². The molecule has 0 spiro atoms. The molecule has 3 rings (SSSR count). The maximum absolute atomic E-state index is 5.29. The van der Waals surface area contributed by atoms with E-state index in [0.29, 0.717) is 5.92 Å². The SMILES string of the molecule is NCCCCCCS.c1ccc(C(c2ccccc2)c2ccccc2)cc1. The number of benzene rings is 3. The quantitative estimate of drug-likeness (QED) is 0.269. The topological polar surface area (TPSA) is 26.0 Å². The van der Waals surface area contributed by atoms with Crippen molar-refractivity contribution in [1.82, 2.24) is 0 Å². The summed E-state index contributed by atoms with van der Waals surface area (Å²) < 4.78 is 0. The third kappa shape index (κ3) is 7.62. The van der Waals surface area contributed by atoms with Gasteiger partial charge in [0.1, 0.15) is 0 Å². The van der Waals surface area contributed by atoms with Gasteiger partial charge < -0.3 is 5.73 Å². The second-order valence-corrected chi connectivity index (χ2v) is 7.04. The van der Waals surface area contributed by atoms with Crippen molar-refractivity contribution in [2.45, 2.75) is 31.6 Å². The van der Waals surface area contributed by atoms with Gasteiger partial charge in [0, 0.05) is 5.92 Å². The molecule has 3 aromatic rings. The predicted octanol–water partition coefficient (Wildman–Crippen LogP) is 6.30. The number of hydrogen-bond donors (Lipinski definition) is 2. The Morgan fingerprint density at radius 1 is 0.556 bits per heavy atom. The first-order valence-electron chi connectivity index (χ1n) is 9.82. The Balaban J connectivity index is 0.000000279. The zero-order chi connectivity index (χ0) is 19.2. The molecule has 0 radical (unpaired) electrons. The minimum Gasteiger partial charge on any atom is -0.330 e. The molecule has 0 unspecified atom stereocenters. The highest BCUT2D eigenvalue weighted by atomic mass is 32.1. The van der Waals surface area contributed by atoms with Gasteiger partial charge in [-0.1, -0.05) is 104 Å². The van der Waals surface area contributed by atoms with Crippen molar-refractivity contribution in [2.75, 3.05) is 12.3 Å². The standard InChI is InChI=1S/C19H16.C6H15NS/c1-4-10-16(11-5-1)19(17-12-6-2-7-13-17)18-14-8-3-9-15-18;7-5-3-1-2-4-6-8/h1-15,19H;8H,1-7H2. The lowest BCUT2D eigenvalue weighted by molar-refractivity contribution is 0.678. The number of nitrogens with two attached hydrogens (primary N) is 1. The Hall–Kier alpha value is -2.03. The number of hydrogen-bond acceptors (Lipinski definition) is 2. The third-order valence-corrected chi connectivity index (χ3v) is 4.83. The minimum atomic E-state index is 0.309. The maximum atomic E-state index is 5.29. The molecule has 2 N–H and O–H groups in total. The molecule has 0 aromatic heterocycles. The number of rotatable bonds is 8. The van der Waals surface area contributed by atoms with Crippen LogP contribution in [0.25, 0.3) is 0 Å². The van der Waals surface area contributed by atoms with Crippen molar-refractivity contribution in [2.24, 2.45) is 5.73 Å². The first-order valence-corrected chi connectivity index (χ1v) is 10.5. The van der Waals surface area contributed by atoms with E-state index < -0.39 is 0 Å². The molecular formula is C25H31NS. The lowest BCUT2D eigenvalue weighted by Gasteiger charge is -2.18. The Labute approximate surface area is 170 Å². The normalized spacial score (nSPS) is 10.3. The van der Waals surface area contributed by atoms with Crippen molar-refractivity contribution < 1.29 is 0 Å². The van der Waals surface area contributed by atoms with E-state index in [2.05, 4.69) is 104 Å². The molecule has 0 heterocycles. The maximum Gasteiger partial charge on any atom is 0.0339 e. The molecule has 2 heteroatoms. The molecule has 0 bridgehead atoms. The van der Waals surface area contributed by atoms with Gasteiger partial charge >= 0.3 is 0 Å². The molecule has 0 saturated carbocycles. The van der Waals surface area contributed by atoms with Crippen molar-refractivity contribution in [1.29, 1.82) is 0 Å². The van der Waals surface area contributed by atoms with E-state index in [4.69, 9.17) is 5.73 Å². The van der Waals surface area contributed by atoms with Gasteiger partial charge in [0.25, 0.3) is 0 Å². The van der Waals surface area contributed by atoms with Gasteiger partial charge in [0.15, 0.2) is 0 Å². The van der Waals surface area contributed by atoms with Crippen LogP contribution in [0.1, 0.15) is 48.3 Å². The molecule has 0 aliphatic rings. The first kappa shape index (κ1) is 21.3. The zero-order valence-corrected chi connectivity index (χ0v) is 16.9. The summed E-state index contributed by atoms with van der Waals surface area (Å²) in [6.07, 6.45) is 4.98. The summed E-state index contributed by atoms with van der Waals surface area (Å²) in [6, 6.07) is 32.0. The molecule has 0 aliphatic heterocycles. The monoisotopic (exact) mass is 377 g/mol. The molecule has 0 fully saturated rings. The fourth-order valence-electron chi connectivity index (χ4n) is 3.12. The van der Waals surface area contributed by atoms with E-state index in [1.165, 1.54) is 42.4 Å². The van der Waals surface area contributed by atoms with E-state index in [1.54, 1.807) is 0 Å². The Bertz CT molecular complexity index is 613. The number of thiol groups is 1. The van der Waals surface area contributed by atoms with Crippen molar-refractivity contribution in [3.05, 3.63) is 108 Å². The van der Waals surface area contributed by atoms with E-state index in [1.807, 2.05) is 0 Å². The van der Waals surface area contributed by atoms with Crippen LogP contribution in [0, 0.1) is 0 Å². The lowest BCUT2D eigenvalue weighted by Crippen LogP contribution is -2.02. The molecule has 0 aliphatic carbocycles. The molecule has 3 aromatic carbocycles. The second-order valence-electron chi connectivity index (χ2n) is 6.59. The van der Waals surface area contributed by atoms with Gasteiger partial charge in [-0.25, -0.2) is 0 Å². The average Bonchev–Trinajstić information content (AvgIpc) is 2.74. The molecule has 0 atom stereocenters. The van der Waals surface area contributed by atoms with Crippen LogP contribution in [-0.2, 0) is 0 Å². The third-order valence-electron chi connectivity index (χ3n) is 4.51. The van der Waals surface area contributed by atoms with E-state index in [-0.39, 0.29) is 0 Å². The summed E-state index contributed by atoms with van der Waals surface area (Å²) >= 11 is 4.09. The van der Waals surface area contributed by atoms with Crippen molar-refractivity contribution in [3.63, 3.8) is 0 Å². The van der Waals surface area contributed by atoms with Crippen LogP contribution in [-0.4, -0.2) is 12.3 Å². The first-order chi connectivity index (χ1) is 13.4. The second kappa shape index (κ2) is 13.2. The van der Waals surface area contributed by atoms with Gasteiger partial charge in [-0.15, -0.1) is 0 Å². The van der Waals surface area contributed by atoms with Crippen molar-refractivity contribution in [3.8, 4) is 0 Å². The number of unbranched alkanes of at least 4 members (excludes halogenated alkanes) is 3.